The third kappa shape index (κ3) is 4.37. The van der Waals surface area contributed by atoms with Crippen molar-refractivity contribution in [3.05, 3.63) is 11.4 Å². The van der Waals surface area contributed by atoms with Crippen molar-refractivity contribution in [2.75, 3.05) is 23.7 Å². The third-order valence-corrected chi connectivity index (χ3v) is 2.99. The van der Waals surface area contributed by atoms with Gasteiger partial charge in [0.1, 0.15) is 17.5 Å². The van der Waals surface area contributed by atoms with Gasteiger partial charge in [-0.2, -0.15) is 0 Å². The van der Waals surface area contributed by atoms with Crippen LogP contribution in [0.5, 0.6) is 0 Å². The van der Waals surface area contributed by atoms with E-state index >= 15 is 0 Å². The van der Waals surface area contributed by atoms with Crippen molar-refractivity contribution in [2.24, 2.45) is 11.8 Å². The smallest absolute Gasteiger partial charge is 0.137 e. The average Bonchev–Trinajstić information content (AvgIpc) is 2.30. The van der Waals surface area contributed by atoms with Gasteiger partial charge in [-0.3, -0.25) is 0 Å². The Morgan fingerprint density at radius 3 is 2.00 bits per heavy atom. The second-order valence-corrected chi connectivity index (χ2v) is 6.02. The number of nitrogens with two attached hydrogens (primary N) is 1. The van der Waals surface area contributed by atoms with Gasteiger partial charge in [-0.05, 0) is 18.8 Å². The van der Waals surface area contributed by atoms with Gasteiger partial charge in [0.25, 0.3) is 0 Å². The zero-order chi connectivity index (χ0) is 14.6. The number of nitrogens with zero attached hydrogens (tertiary/aromatic N) is 3. The van der Waals surface area contributed by atoms with Crippen LogP contribution in [0.1, 0.15) is 46.0 Å². The Morgan fingerprint density at radius 1 is 1.05 bits per heavy atom. The molecule has 4 heteroatoms. The van der Waals surface area contributed by atoms with Crippen molar-refractivity contribution in [3.63, 3.8) is 0 Å². The molecule has 0 spiro atoms. The van der Waals surface area contributed by atoms with Crippen LogP contribution in [0.2, 0.25) is 0 Å². The van der Waals surface area contributed by atoms with Gasteiger partial charge in [0.2, 0.25) is 0 Å². The number of nitrogen functional groups attached to an aromatic ring is 1. The topological polar surface area (TPSA) is 55.0 Å². The summed E-state index contributed by atoms with van der Waals surface area (Å²) in [4.78, 5) is 11.4. The van der Waals surface area contributed by atoms with Gasteiger partial charge in [0.15, 0.2) is 0 Å². The molecule has 0 aliphatic rings. The zero-order valence-corrected chi connectivity index (χ0v) is 13.2. The molecule has 0 saturated heterocycles. The summed E-state index contributed by atoms with van der Waals surface area (Å²) in [6.07, 6.45) is 0.814. The van der Waals surface area contributed by atoms with E-state index in [0.29, 0.717) is 17.7 Å². The monoisotopic (exact) mass is 264 g/mol. The maximum absolute atomic E-state index is 6.02. The van der Waals surface area contributed by atoms with E-state index in [4.69, 9.17) is 10.7 Å². The van der Waals surface area contributed by atoms with Crippen molar-refractivity contribution < 1.29 is 0 Å². The fourth-order valence-electron chi connectivity index (χ4n) is 2.16. The molecule has 0 aromatic carbocycles. The standard InChI is InChI=1S/C15H28N4/c1-7-13-17-14(16)12(6)15(18-13)19(8-10(2)3)9-11(4)5/h10-11H,7-9H2,1-6H3,(H2,16,17,18). The summed E-state index contributed by atoms with van der Waals surface area (Å²) in [7, 11) is 0. The third-order valence-electron chi connectivity index (χ3n) is 2.99. The molecular weight excluding hydrogens is 236 g/mol. The number of rotatable bonds is 6. The van der Waals surface area contributed by atoms with Crippen LogP contribution in [0, 0.1) is 18.8 Å². The zero-order valence-electron chi connectivity index (χ0n) is 13.2. The van der Waals surface area contributed by atoms with Crippen molar-refractivity contribution in [2.45, 2.75) is 48.0 Å². The maximum atomic E-state index is 6.02. The van der Waals surface area contributed by atoms with E-state index in [1.807, 2.05) is 6.92 Å². The van der Waals surface area contributed by atoms with Crippen LogP contribution in [0.4, 0.5) is 11.6 Å². The summed E-state index contributed by atoms with van der Waals surface area (Å²) in [6, 6.07) is 0. The quantitative estimate of drug-likeness (QED) is 0.858. The van der Waals surface area contributed by atoms with Crippen LogP contribution in [-0.4, -0.2) is 23.1 Å². The minimum atomic E-state index is 0.597. The normalized spacial score (nSPS) is 11.4. The van der Waals surface area contributed by atoms with Gasteiger partial charge in [0, 0.05) is 25.1 Å². The minimum Gasteiger partial charge on any atom is -0.383 e. The summed E-state index contributed by atoms with van der Waals surface area (Å²) in [5, 5.41) is 0. The summed E-state index contributed by atoms with van der Waals surface area (Å²) in [5.41, 5.74) is 7.02. The van der Waals surface area contributed by atoms with Crippen molar-refractivity contribution >= 4 is 11.6 Å². The molecule has 0 atom stereocenters. The predicted molar refractivity (Wildman–Crippen MR) is 82.4 cm³/mol. The van der Waals surface area contributed by atoms with Crippen LogP contribution in [0.15, 0.2) is 0 Å². The molecule has 0 aliphatic heterocycles. The highest BCUT2D eigenvalue weighted by atomic mass is 15.2. The average molecular weight is 264 g/mol. The lowest BCUT2D eigenvalue weighted by atomic mass is 10.1. The van der Waals surface area contributed by atoms with Crippen molar-refractivity contribution in [3.8, 4) is 0 Å². The lowest BCUT2D eigenvalue weighted by molar-refractivity contribution is 0.547. The molecule has 4 nitrogen and oxygen atoms in total. The Balaban J connectivity index is 3.16. The minimum absolute atomic E-state index is 0.597. The molecule has 1 heterocycles. The van der Waals surface area contributed by atoms with E-state index in [9.17, 15) is 0 Å². The Labute approximate surface area is 117 Å². The van der Waals surface area contributed by atoms with E-state index < -0.39 is 0 Å². The molecule has 0 radical (unpaired) electrons. The summed E-state index contributed by atoms with van der Waals surface area (Å²) in [6.45, 7) is 15.0. The van der Waals surface area contributed by atoms with E-state index in [1.54, 1.807) is 0 Å². The number of aromatic nitrogens is 2. The molecule has 1 rings (SSSR count). The number of hydrogen-bond acceptors (Lipinski definition) is 4. The molecular formula is C15H28N4. The van der Waals surface area contributed by atoms with Gasteiger partial charge in [-0.15, -0.1) is 0 Å². The van der Waals surface area contributed by atoms with Crippen molar-refractivity contribution in [1.82, 2.24) is 9.97 Å². The molecule has 0 aliphatic carbocycles. The first-order chi connectivity index (χ1) is 8.85. The Kier molecular flexibility index (Phi) is 5.58. The molecule has 1 aromatic rings. The van der Waals surface area contributed by atoms with E-state index in [-0.39, 0.29) is 0 Å². The predicted octanol–water partition coefficient (Wildman–Crippen LogP) is 3.05. The van der Waals surface area contributed by atoms with Crippen LogP contribution in [0.25, 0.3) is 0 Å². The summed E-state index contributed by atoms with van der Waals surface area (Å²) in [5.74, 6) is 3.64. The highest BCUT2D eigenvalue weighted by molar-refractivity contribution is 5.56. The number of aryl methyl sites for hydroxylation is 1. The van der Waals surface area contributed by atoms with Gasteiger partial charge >= 0.3 is 0 Å². The Hall–Kier alpha value is -1.32. The molecule has 1 aromatic heterocycles. The van der Waals surface area contributed by atoms with E-state index in [1.165, 1.54) is 0 Å². The molecule has 108 valence electrons. The van der Waals surface area contributed by atoms with Gasteiger partial charge in [-0.25, -0.2) is 9.97 Å². The van der Waals surface area contributed by atoms with Gasteiger partial charge < -0.3 is 10.6 Å². The Bertz CT molecular complexity index is 403. The number of hydrogen-bond donors (Lipinski definition) is 1. The lowest BCUT2D eigenvalue weighted by Crippen LogP contribution is -2.33. The highest BCUT2D eigenvalue weighted by Crippen LogP contribution is 2.23. The van der Waals surface area contributed by atoms with Crippen LogP contribution in [-0.2, 0) is 6.42 Å². The highest BCUT2D eigenvalue weighted by Gasteiger charge is 2.17. The van der Waals surface area contributed by atoms with Crippen LogP contribution < -0.4 is 10.6 Å². The van der Waals surface area contributed by atoms with Gasteiger partial charge in [-0.1, -0.05) is 34.6 Å². The molecule has 0 saturated carbocycles. The largest absolute Gasteiger partial charge is 0.383 e. The van der Waals surface area contributed by atoms with Crippen LogP contribution >= 0.6 is 0 Å². The molecule has 19 heavy (non-hydrogen) atoms. The fraction of sp³-hybridized carbons (Fsp3) is 0.733. The lowest BCUT2D eigenvalue weighted by Gasteiger charge is -2.29. The fourth-order valence-corrected chi connectivity index (χ4v) is 2.16. The molecule has 2 N–H and O–H groups in total. The van der Waals surface area contributed by atoms with Crippen LogP contribution in [0.3, 0.4) is 0 Å². The molecule has 0 fully saturated rings. The molecule has 0 unspecified atom stereocenters. The van der Waals surface area contributed by atoms with E-state index in [0.717, 1.165) is 36.7 Å². The number of anilines is 2. The first kappa shape index (κ1) is 15.7. The SMILES string of the molecule is CCc1nc(N)c(C)c(N(CC(C)C)CC(C)C)n1. The maximum Gasteiger partial charge on any atom is 0.137 e. The summed E-state index contributed by atoms with van der Waals surface area (Å²) >= 11 is 0. The summed E-state index contributed by atoms with van der Waals surface area (Å²) < 4.78 is 0. The first-order valence-corrected chi connectivity index (χ1v) is 7.23. The Morgan fingerprint density at radius 2 is 1.58 bits per heavy atom. The molecule has 0 bridgehead atoms. The second-order valence-electron chi connectivity index (χ2n) is 6.02. The first-order valence-electron chi connectivity index (χ1n) is 7.23. The second kappa shape index (κ2) is 6.73. The molecule has 0 amide bonds. The van der Waals surface area contributed by atoms with Crippen molar-refractivity contribution in [1.29, 1.82) is 0 Å². The van der Waals surface area contributed by atoms with Gasteiger partial charge in [0.05, 0.1) is 0 Å². The van der Waals surface area contributed by atoms with E-state index in [2.05, 4.69) is 44.5 Å².